The molecule has 0 atom stereocenters. The van der Waals surface area contributed by atoms with Crippen LogP contribution in [-0.2, 0) is 0 Å². The number of nitrogens with one attached hydrogen (secondary N) is 1. The first-order valence-electron chi connectivity index (χ1n) is 6.32. The van der Waals surface area contributed by atoms with Crippen LogP contribution >= 0.6 is 0 Å². The molecule has 1 aromatic carbocycles. The minimum atomic E-state index is -0.466. The average molecular weight is 287 g/mol. The molecular weight excluding hydrogens is 274 g/mol. The van der Waals surface area contributed by atoms with E-state index in [1.165, 1.54) is 15.9 Å². The minimum Gasteiger partial charge on any atom is -0.351 e. The number of likely N-dealkylation sites (tertiary alicyclic amines) is 1. The highest BCUT2D eigenvalue weighted by atomic mass is 16.2. The second-order valence-electron chi connectivity index (χ2n) is 4.71. The second-order valence-corrected chi connectivity index (χ2v) is 4.71. The number of urea groups is 1. The molecule has 1 aliphatic heterocycles. The molecule has 0 aliphatic carbocycles. The van der Waals surface area contributed by atoms with E-state index in [-0.39, 0.29) is 11.9 Å². The molecule has 9 heteroatoms. The summed E-state index contributed by atoms with van der Waals surface area (Å²) in [6.45, 7) is 0.896. The number of benzene rings is 1. The summed E-state index contributed by atoms with van der Waals surface area (Å²) >= 11 is 0. The number of aromatic nitrogens is 4. The first-order chi connectivity index (χ1) is 10.1. The Morgan fingerprint density at radius 2 is 1.95 bits per heavy atom. The summed E-state index contributed by atoms with van der Waals surface area (Å²) in [7, 11) is 0. The maximum atomic E-state index is 12.0. The van der Waals surface area contributed by atoms with Crippen molar-refractivity contribution < 1.29 is 9.59 Å². The van der Waals surface area contributed by atoms with Gasteiger partial charge in [-0.1, -0.05) is 0 Å². The Labute approximate surface area is 119 Å². The zero-order chi connectivity index (χ0) is 14.8. The van der Waals surface area contributed by atoms with Gasteiger partial charge in [-0.15, -0.1) is 5.10 Å². The standard InChI is InChI=1S/C12H13N7O2/c13-12(21)18-5-9(6-18)15-11(20)8-1-3-10(4-2-8)19-7-14-16-17-19/h1-4,7,9H,5-6H2,(H2,13,21)(H,15,20). The fourth-order valence-corrected chi connectivity index (χ4v) is 2.06. The van der Waals surface area contributed by atoms with Gasteiger partial charge in [0.05, 0.1) is 11.7 Å². The number of hydrogen-bond donors (Lipinski definition) is 2. The first kappa shape index (κ1) is 13.0. The molecule has 2 heterocycles. The quantitative estimate of drug-likeness (QED) is 0.762. The summed E-state index contributed by atoms with van der Waals surface area (Å²) in [6, 6.07) is 6.37. The Kier molecular flexibility index (Phi) is 3.22. The number of rotatable bonds is 3. The molecular formula is C12H13N7O2. The topological polar surface area (TPSA) is 119 Å². The van der Waals surface area contributed by atoms with Gasteiger partial charge in [-0.25, -0.2) is 9.48 Å². The van der Waals surface area contributed by atoms with Gasteiger partial charge in [0.2, 0.25) is 0 Å². The summed E-state index contributed by atoms with van der Waals surface area (Å²) < 4.78 is 1.50. The summed E-state index contributed by atoms with van der Waals surface area (Å²) in [4.78, 5) is 24.3. The fraction of sp³-hybridized carbons (Fsp3) is 0.250. The lowest BCUT2D eigenvalue weighted by molar-refractivity contribution is 0.0861. The molecule has 1 aromatic heterocycles. The predicted octanol–water partition coefficient (Wildman–Crippen LogP) is -0.845. The van der Waals surface area contributed by atoms with Crippen LogP contribution in [0.2, 0.25) is 0 Å². The molecule has 3 N–H and O–H groups in total. The highest BCUT2D eigenvalue weighted by molar-refractivity contribution is 5.94. The van der Waals surface area contributed by atoms with E-state index in [1.54, 1.807) is 24.3 Å². The van der Waals surface area contributed by atoms with Crippen molar-refractivity contribution in [2.45, 2.75) is 6.04 Å². The van der Waals surface area contributed by atoms with Crippen LogP contribution in [0.3, 0.4) is 0 Å². The minimum absolute atomic E-state index is 0.0517. The van der Waals surface area contributed by atoms with Crippen LogP contribution in [0.25, 0.3) is 5.69 Å². The maximum Gasteiger partial charge on any atom is 0.314 e. The number of nitrogens with zero attached hydrogens (tertiary/aromatic N) is 5. The number of carbonyl (C=O) groups is 2. The van der Waals surface area contributed by atoms with E-state index in [1.807, 2.05) is 0 Å². The predicted molar refractivity (Wildman–Crippen MR) is 71.6 cm³/mol. The van der Waals surface area contributed by atoms with Crippen molar-refractivity contribution in [1.82, 2.24) is 30.4 Å². The normalized spacial score (nSPS) is 14.6. The smallest absolute Gasteiger partial charge is 0.314 e. The largest absolute Gasteiger partial charge is 0.351 e. The fourth-order valence-electron chi connectivity index (χ4n) is 2.06. The molecule has 0 unspecified atom stereocenters. The second kappa shape index (κ2) is 5.19. The number of tetrazole rings is 1. The number of hydrogen-bond acceptors (Lipinski definition) is 5. The van der Waals surface area contributed by atoms with Gasteiger partial charge in [0, 0.05) is 18.7 Å². The number of carbonyl (C=O) groups excluding carboxylic acids is 2. The van der Waals surface area contributed by atoms with Crippen LogP contribution in [0.5, 0.6) is 0 Å². The van der Waals surface area contributed by atoms with Crippen LogP contribution in [0.1, 0.15) is 10.4 Å². The summed E-state index contributed by atoms with van der Waals surface area (Å²) in [5.74, 6) is -0.188. The van der Waals surface area contributed by atoms with E-state index >= 15 is 0 Å². The molecule has 3 rings (SSSR count). The van der Waals surface area contributed by atoms with E-state index in [0.29, 0.717) is 18.7 Å². The lowest BCUT2D eigenvalue weighted by atomic mass is 10.1. The third-order valence-corrected chi connectivity index (χ3v) is 3.27. The van der Waals surface area contributed by atoms with Gasteiger partial charge in [-0.3, -0.25) is 4.79 Å². The third kappa shape index (κ3) is 2.66. The summed E-state index contributed by atoms with van der Waals surface area (Å²) in [5.41, 5.74) is 6.42. The molecule has 2 aromatic rings. The zero-order valence-corrected chi connectivity index (χ0v) is 11.0. The van der Waals surface area contributed by atoms with Gasteiger partial charge in [0.1, 0.15) is 6.33 Å². The number of nitrogens with two attached hydrogens (primary N) is 1. The molecule has 0 saturated carbocycles. The van der Waals surface area contributed by atoms with E-state index in [9.17, 15) is 9.59 Å². The monoisotopic (exact) mass is 287 g/mol. The van der Waals surface area contributed by atoms with Crippen molar-refractivity contribution >= 4 is 11.9 Å². The highest BCUT2D eigenvalue weighted by Gasteiger charge is 2.30. The summed E-state index contributed by atoms with van der Waals surface area (Å²) in [5, 5.41) is 13.7. The van der Waals surface area contributed by atoms with Crippen LogP contribution in [0.15, 0.2) is 30.6 Å². The van der Waals surface area contributed by atoms with E-state index < -0.39 is 6.03 Å². The molecule has 9 nitrogen and oxygen atoms in total. The lowest BCUT2D eigenvalue weighted by Crippen LogP contribution is -2.62. The van der Waals surface area contributed by atoms with Crippen molar-refractivity contribution in [2.24, 2.45) is 5.73 Å². The molecule has 1 saturated heterocycles. The molecule has 1 aliphatic rings. The van der Waals surface area contributed by atoms with Crippen LogP contribution in [-0.4, -0.2) is 56.2 Å². The Morgan fingerprint density at radius 3 is 2.52 bits per heavy atom. The van der Waals surface area contributed by atoms with Gasteiger partial charge < -0.3 is 16.0 Å². The zero-order valence-electron chi connectivity index (χ0n) is 11.0. The van der Waals surface area contributed by atoms with Gasteiger partial charge >= 0.3 is 6.03 Å². The third-order valence-electron chi connectivity index (χ3n) is 3.27. The molecule has 3 amide bonds. The maximum absolute atomic E-state index is 12.0. The Bertz CT molecular complexity index is 647. The number of amides is 3. The van der Waals surface area contributed by atoms with Gasteiger partial charge in [0.25, 0.3) is 5.91 Å². The molecule has 0 bridgehead atoms. The van der Waals surface area contributed by atoms with Crippen molar-refractivity contribution in [3.8, 4) is 5.69 Å². The highest BCUT2D eigenvalue weighted by Crippen LogP contribution is 2.10. The van der Waals surface area contributed by atoms with E-state index in [0.717, 1.165) is 5.69 Å². The summed E-state index contributed by atoms with van der Waals surface area (Å²) in [6.07, 6.45) is 1.47. The molecule has 0 spiro atoms. The first-order valence-corrected chi connectivity index (χ1v) is 6.32. The molecule has 21 heavy (non-hydrogen) atoms. The van der Waals surface area contributed by atoms with Gasteiger partial charge in [-0.05, 0) is 34.7 Å². The van der Waals surface area contributed by atoms with Crippen LogP contribution in [0, 0.1) is 0 Å². The molecule has 0 radical (unpaired) electrons. The Hall–Kier alpha value is -2.97. The van der Waals surface area contributed by atoms with Gasteiger partial charge in [-0.2, -0.15) is 0 Å². The van der Waals surface area contributed by atoms with Crippen molar-refractivity contribution in [3.05, 3.63) is 36.2 Å². The average Bonchev–Trinajstić information content (AvgIpc) is 2.96. The molecule has 1 fully saturated rings. The Balaban J connectivity index is 1.60. The van der Waals surface area contributed by atoms with Crippen molar-refractivity contribution in [3.63, 3.8) is 0 Å². The van der Waals surface area contributed by atoms with Crippen molar-refractivity contribution in [1.29, 1.82) is 0 Å². The van der Waals surface area contributed by atoms with E-state index in [2.05, 4.69) is 20.8 Å². The van der Waals surface area contributed by atoms with Crippen LogP contribution in [0.4, 0.5) is 4.79 Å². The number of primary amides is 1. The lowest BCUT2D eigenvalue weighted by Gasteiger charge is -2.38. The Morgan fingerprint density at radius 1 is 1.24 bits per heavy atom. The van der Waals surface area contributed by atoms with E-state index in [4.69, 9.17) is 5.73 Å². The van der Waals surface area contributed by atoms with Crippen molar-refractivity contribution in [2.75, 3.05) is 13.1 Å². The molecule has 108 valence electrons. The SMILES string of the molecule is NC(=O)N1CC(NC(=O)c2ccc(-n3cnnn3)cc2)C1. The van der Waals surface area contributed by atoms with Crippen LogP contribution < -0.4 is 11.1 Å². The van der Waals surface area contributed by atoms with Gasteiger partial charge in [0.15, 0.2) is 0 Å².